The van der Waals surface area contributed by atoms with Gasteiger partial charge in [-0.25, -0.2) is 4.79 Å². The summed E-state index contributed by atoms with van der Waals surface area (Å²) in [5.74, 6) is -0.364. The molecule has 0 aromatic heterocycles. The Morgan fingerprint density at radius 2 is 2.00 bits per heavy atom. The highest BCUT2D eigenvalue weighted by Crippen LogP contribution is 2.51. The fraction of sp³-hybridized carbons (Fsp3) is 0.211. The zero-order valence-corrected chi connectivity index (χ0v) is 13.1. The number of nitrogens with one attached hydrogen (secondary N) is 1. The number of hydrogen-bond donors (Lipinski definition) is 2. The van der Waals surface area contributed by atoms with E-state index in [9.17, 15) is 9.90 Å². The molecule has 1 aliphatic carbocycles. The predicted molar refractivity (Wildman–Crippen MR) is 91.2 cm³/mol. The number of hydrogen-bond acceptors (Lipinski definition) is 2. The van der Waals surface area contributed by atoms with Gasteiger partial charge in [-0.05, 0) is 35.6 Å². The van der Waals surface area contributed by atoms with Gasteiger partial charge in [-0.15, -0.1) is 0 Å². The van der Waals surface area contributed by atoms with Crippen LogP contribution in [0.2, 0.25) is 5.02 Å². The monoisotopic (exact) mass is 325 g/mol. The smallest absolute Gasteiger partial charge is 0.335 e. The summed E-state index contributed by atoms with van der Waals surface area (Å²) < 4.78 is 0. The second kappa shape index (κ2) is 5.43. The van der Waals surface area contributed by atoms with Gasteiger partial charge in [0.15, 0.2) is 0 Å². The molecule has 1 heterocycles. The number of carbonyl (C=O) groups is 1. The highest BCUT2D eigenvalue weighted by Gasteiger charge is 2.39. The third kappa shape index (κ3) is 2.32. The maximum Gasteiger partial charge on any atom is 0.335 e. The summed E-state index contributed by atoms with van der Waals surface area (Å²) in [5, 5.41) is 13.3. The number of carboxylic acids is 1. The highest BCUT2D eigenvalue weighted by atomic mass is 35.5. The molecule has 0 saturated carbocycles. The van der Waals surface area contributed by atoms with Crippen molar-refractivity contribution in [2.75, 3.05) is 5.32 Å². The van der Waals surface area contributed by atoms with Gasteiger partial charge in [0.2, 0.25) is 0 Å². The molecule has 0 amide bonds. The van der Waals surface area contributed by atoms with Crippen molar-refractivity contribution in [1.29, 1.82) is 0 Å². The molecule has 0 radical (unpaired) electrons. The molecule has 0 spiro atoms. The molecule has 4 rings (SSSR count). The van der Waals surface area contributed by atoms with E-state index in [-0.39, 0.29) is 17.5 Å². The van der Waals surface area contributed by atoms with Crippen LogP contribution >= 0.6 is 11.6 Å². The third-order valence-corrected chi connectivity index (χ3v) is 5.12. The van der Waals surface area contributed by atoms with E-state index in [1.807, 2.05) is 18.2 Å². The maximum atomic E-state index is 11.3. The third-order valence-electron chi connectivity index (χ3n) is 4.83. The average Bonchev–Trinajstić information content (AvgIpc) is 3.04. The summed E-state index contributed by atoms with van der Waals surface area (Å²) in [7, 11) is 0. The van der Waals surface area contributed by atoms with Crippen LogP contribution in [0.15, 0.2) is 54.6 Å². The van der Waals surface area contributed by atoms with Crippen molar-refractivity contribution in [3.05, 3.63) is 76.3 Å². The minimum Gasteiger partial charge on any atom is -0.478 e. The van der Waals surface area contributed by atoms with Crippen LogP contribution in [0.1, 0.15) is 39.9 Å². The van der Waals surface area contributed by atoms with E-state index in [2.05, 4.69) is 29.6 Å². The molecular weight excluding hydrogens is 310 g/mol. The van der Waals surface area contributed by atoms with Crippen LogP contribution in [0.25, 0.3) is 0 Å². The molecule has 23 heavy (non-hydrogen) atoms. The van der Waals surface area contributed by atoms with Crippen LogP contribution in [0.3, 0.4) is 0 Å². The number of halogens is 1. The first-order valence-electron chi connectivity index (χ1n) is 7.70. The molecule has 2 aromatic carbocycles. The van der Waals surface area contributed by atoms with Gasteiger partial charge >= 0.3 is 5.97 Å². The molecule has 2 aromatic rings. The van der Waals surface area contributed by atoms with Crippen LogP contribution in [0.5, 0.6) is 0 Å². The van der Waals surface area contributed by atoms with Crippen molar-refractivity contribution < 1.29 is 9.90 Å². The Hall–Kier alpha value is -2.26. The lowest BCUT2D eigenvalue weighted by atomic mass is 9.76. The van der Waals surface area contributed by atoms with Crippen molar-refractivity contribution in [1.82, 2.24) is 0 Å². The van der Waals surface area contributed by atoms with Crippen molar-refractivity contribution >= 4 is 23.3 Å². The molecule has 4 heteroatoms. The van der Waals surface area contributed by atoms with Crippen LogP contribution in [-0.2, 0) is 0 Å². The van der Waals surface area contributed by atoms with Crippen molar-refractivity contribution in [3.63, 3.8) is 0 Å². The lowest BCUT2D eigenvalue weighted by Gasteiger charge is -2.38. The standard InChI is InChI=1S/C19H16ClNO2/c20-16-10-12(19(22)23)9-15-13-7-4-8-14(13)17(21-18(15)16)11-5-2-1-3-6-11/h1-7,9-10,13-14,17,21H,8H2,(H,22,23)/t13-,14+,17-/m0/s1. The van der Waals surface area contributed by atoms with Gasteiger partial charge in [-0.3, -0.25) is 0 Å². The summed E-state index contributed by atoms with van der Waals surface area (Å²) in [4.78, 5) is 11.3. The zero-order valence-electron chi connectivity index (χ0n) is 12.4. The molecule has 0 saturated heterocycles. The van der Waals surface area contributed by atoms with Crippen molar-refractivity contribution in [2.45, 2.75) is 18.4 Å². The SMILES string of the molecule is O=C(O)c1cc(Cl)c2c(c1)[C@H]1C=CC[C@H]1[C@H](c1ccccc1)N2. The Morgan fingerprint density at radius 1 is 1.22 bits per heavy atom. The highest BCUT2D eigenvalue weighted by molar-refractivity contribution is 6.33. The molecule has 2 N–H and O–H groups in total. The number of aromatic carboxylic acids is 1. The van der Waals surface area contributed by atoms with E-state index in [4.69, 9.17) is 11.6 Å². The molecule has 2 aliphatic rings. The second-order valence-electron chi connectivity index (χ2n) is 6.11. The number of allylic oxidation sites excluding steroid dienone is 2. The van der Waals surface area contributed by atoms with Gasteiger partial charge in [0.25, 0.3) is 0 Å². The Morgan fingerprint density at radius 3 is 2.74 bits per heavy atom. The molecule has 1 aliphatic heterocycles. The van der Waals surface area contributed by atoms with E-state index in [0.29, 0.717) is 10.9 Å². The minimum absolute atomic E-state index is 0.178. The predicted octanol–water partition coefficient (Wildman–Crippen LogP) is 4.86. The molecule has 0 bridgehead atoms. The zero-order chi connectivity index (χ0) is 16.0. The van der Waals surface area contributed by atoms with Crippen molar-refractivity contribution in [2.24, 2.45) is 5.92 Å². The summed E-state index contributed by atoms with van der Waals surface area (Å²) >= 11 is 6.38. The number of rotatable bonds is 2. The molecule has 0 unspecified atom stereocenters. The Labute approximate surface area is 139 Å². The first kappa shape index (κ1) is 14.3. The van der Waals surface area contributed by atoms with Gasteiger partial charge in [0, 0.05) is 5.92 Å². The quantitative estimate of drug-likeness (QED) is 0.775. The lowest BCUT2D eigenvalue weighted by molar-refractivity contribution is 0.0696. The number of carboxylic acid groups (broad SMARTS) is 1. The first-order chi connectivity index (χ1) is 11.1. The van der Waals surface area contributed by atoms with Crippen LogP contribution < -0.4 is 5.32 Å². The Balaban J connectivity index is 1.84. The molecule has 3 nitrogen and oxygen atoms in total. The van der Waals surface area contributed by atoms with Gasteiger partial charge < -0.3 is 10.4 Å². The summed E-state index contributed by atoms with van der Waals surface area (Å²) in [6.07, 6.45) is 5.34. The Kier molecular flexibility index (Phi) is 3.38. The van der Waals surface area contributed by atoms with Crippen molar-refractivity contribution in [3.8, 4) is 0 Å². The normalized spacial score (nSPS) is 24.7. The maximum absolute atomic E-state index is 11.3. The summed E-state index contributed by atoms with van der Waals surface area (Å²) in [6.45, 7) is 0. The average molecular weight is 326 g/mol. The van der Waals surface area contributed by atoms with Gasteiger partial charge in [-0.1, -0.05) is 54.1 Å². The number of anilines is 1. The summed E-state index contributed by atoms with van der Waals surface area (Å²) in [6, 6.07) is 13.8. The van der Waals surface area contributed by atoms with Gasteiger partial charge in [-0.2, -0.15) is 0 Å². The first-order valence-corrected chi connectivity index (χ1v) is 8.08. The lowest BCUT2D eigenvalue weighted by Crippen LogP contribution is -2.29. The summed E-state index contributed by atoms with van der Waals surface area (Å²) in [5.41, 5.74) is 3.32. The topological polar surface area (TPSA) is 49.3 Å². The van der Waals surface area contributed by atoms with Crippen LogP contribution in [-0.4, -0.2) is 11.1 Å². The fourth-order valence-electron chi connectivity index (χ4n) is 3.77. The second-order valence-corrected chi connectivity index (χ2v) is 6.52. The van der Waals surface area contributed by atoms with Gasteiger partial charge in [0.1, 0.15) is 0 Å². The van der Waals surface area contributed by atoms with Crippen LogP contribution in [0.4, 0.5) is 5.69 Å². The fourth-order valence-corrected chi connectivity index (χ4v) is 4.05. The van der Waals surface area contributed by atoms with Gasteiger partial charge in [0.05, 0.1) is 22.3 Å². The van der Waals surface area contributed by atoms with Crippen LogP contribution in [0, 0.1) is 5.92 Å². The minimum atomic E-state index is -0.946. The molecule has 3 atom stereocenters. The van der Waals surface area contributed by atoms with E-state index >= 15 is 0 Å². The number of benzene rings is 2. The van der Waals surface area contributed by atoms with E-state index in [0.717, 1.165) is 17.7 Å². The largest absolute Gasteiger partial charge is 0.478 e. The molecule has 0 fully saturated rings. The van der Waals surface area contributed by atoms with E-state index in [1.165, 1.54) is 11.6 Å². The number of fused-ring (bicyclic) bond motifs is 3. The Bertz CT molecular complexity index is 801. The van der Waals surface area contributed by atoms with E-state index < -0.39 is 5.97 Å². The molecule has 116 valence electrons. The molecular formula is C19H16ClNO2. The van der Waals surface area contributed by atoms with E-state index in [1.54, 1.807) is 6.07 Å².